The summed E-state index contributed by atoms with van der Waals surface area (Å²) in [6.45, 7) is 0. The molecule has 0 heterocycles. The van der Waals surface area contributed by atoms with Gasteiger partial charge in [-0.3, -0.25) is 9.59 Å². The van der Waals surface area contributed by atoms with Crippen LogP contribution in [0.25, 0.3) is 0 Å². The Morgan fingerprint density at radius 1 is 1.12 bits per heavy atom. The van der Waals surface area contributed by atoms with E-state index in [2.05, 4.69) is 0 Å². The lowest BCUT2D eigenvalue weighted by Gasteiger charge is -2.28. The third kappa shape index (κ3) is 2.05. The van der Waals surface area contributed by atoms with Crippen molar-refractivity contribution in [2.24, 2.45) is 23.7 Å². The molecule has 2 atom stereocenters. The first kappa shape index (κ1) is 11.1. The van der Waals surface area contributed by atoms with Gasteiger partial charge in [0.15, 0.2) is 0 Å². The lowest BCUT2D eigenvalue weighted by atomic mass is 10.1. The summed E-state index contributed by atoms with van der Waals surface area (Å²) in [6.07, 6.45) is 5.51. The summed E-state index contributed by atoms with van der Waals surface area (Å²) >= 11 is 0. The van der Waals surface area contributed by atoms with E-state index < -0.39 is 11.9 Å². The van der Waals surface area contributed by atoms with E-state index in [1.54, 1.807) is 0 Å². The van der Waals surface area contributed by atoms with Gasteiger partial charge in [-0.15, -0.1) is 0 Å². The van der Waals surface area contributed by atoms with Crippen LogP contribution in [0, 0.1) is 23.7 Å². The first-order valence-electron chi connectivity index (χ1n) is 6.59. The summed E-state index contributed by atoms with van der Waals surface area (Å²) in [5.41, 5.74) is 0. The summed E-state index contributed by atoms with van der Waals surface area (Å²) in [5.74, 6) is -0.00851. The molecule has 3 aliphatic rings. The van der Waals surface area contributed by atoms with Crippen LogP contribution in [0.2, 0.25) is 0 Å². The Morgan fingerprint density at radius 3 is 2.00 bits per heavy atom. The molecule has 1 N–H and O–H groups in total. The van der Waals surface area contributed by atoms with Gasteiger partial charge < -0.3 is 10.0 Å². The van der Waals surface area contributed by atoms with E-state index in [1.165, 1.54) is 25.7 Å². The van der Waals surface area contributed by atoms with Gasteiger partial charge in [0.1, 0.15) is 0 Å². The van der Waals surface area contributed by atoms with Crippen LogP contribution in [0.5, 0.6) is 0 Å². The molecule has 0 radical (unpaired) electrons. The molecule has 3 fully saturated rings. The highest BCUT2D eigenvalue weighted by Crippen LogP contribution is 2.48. The van der Waals surface area contributed by atoms with E-state index in [4.69, 9.17) is 5.11 Å². The highest BCUT2D eigenvalue weighted by molar-refractivity contribution is 5.89. The van der Waals surface area contributed by atoms with Gasteiger partial charge in [0.05, 0.1) is 11.8 Å². The number of aliphatic carboxylic acids is 1. The minimum absolute atomic E-state index is 0.0706. The maximum atomic E-state index is 12.2. The third-order valence-corrected chi connectivity index (χ3v) is 4.43. The first-order valence-corrected chi connectivity index (χ1v) is 6.59. The van der Waals surface area contributed by atoms with Gasteiger partial charge in [0.25, 0.3) is 0 Å². The Balaban J connectivity index is 1.63. The molecule has 17 heavy (non-hydrogen) atoms. The topological polar surface area (TPSA) is 57.6 Å². The molecule has 1 amide bonds. The van der Waals surface area contributed by atoms with Crippen molar-refractivity contribution in [3.63, 3.8) is 0 Å². The van der Waals surface area contributed by atoms with Gasteiger partial charge in [0.2, 0.25) is 5.91 Å². The van der Waals surface area contributed by atoms with Crippen molar-refractivity contribution >= 4 is 11.9 Å². The summed E-state index contributed by atoms with van der Waals surface area (Å²) in [7, 11) is 1.88. The van der Waals surface area contributed by atoms with Crippen LogP contribution in [0.15, 0.2) is 0 Å². The van der Waals surface area contributed by atoms with Gasteiger partial charge in [-0.1, -0.05) is 0 Å². The lowest BCUT2D eigenvalue weighted by molar-refractivity contribution is -0.142. The maximum Gasteiger partial charge on any atom is 0.307 e. The molecule has 94 valence electrons. The van der Waals surface area contributed by atoms with Gasteiger partial charge >= 0.3 is 5.97 Å². The minimum Gasteiger partial charge on any atom is -0.481 e. The second-order valence-electron chi connectivity index (χ2n) is 5.90. The van der Waals surface area contributed by atoms with Gasteiger partial charge in [-0.05, 0) is 43.9 Å². The highest BCUT2D eigenvalue weighted by Gasteiger charge is 2.52. The van der Waals surface area contributed by atoms with Crippen LogP contribution in [-0.4, -0.2) is 35.0 Å². The molecular weight excluding hydrogens is 218 g/mol. The second kappa shape index (κ2) is 3.72. The molecule has 4 nitrogen and oxygen atoms in total. The fourth-order valence-electron chi connectivity index (χ4n) is 3.04. The number of nitrogens with zero attached hydrogens (tertiary/aromatic N) is 1. The second-order valence-corrected chi connectivity index (χ2v) is 5.90. The zero-order valence-electron chi connectivity index (χ0n) is 10.1. The van der Waals surface area contributed by atoms with Crippen molar-refractivity contribution in [2.75, 3.05) is 7.05 Å². The SMILES string of the molecule is CN(C(=O)C1CC1C(=O)O)C(C1CC1)C1CC1. The van der Waals surface area contributed by atoms with E-state index >= 15 is 0 Å². The molecule has 4 heteroatoms. The number of carboxylic acids is 1. The van der Waals surface area contributed by atoms with Crippen LogP contribution in [0.1, 0.15) is 32.1 Å². The smallest absolute Gasteiger partial charge is 0.307 e. The van der Waals surface area contributed by atoms with E-state index in [-0.39, 0.29) is 11.8 Å². The minimum atomic E-state index is -0.814. The fraction of sp³-hybridized carbons (Fsp3) is 0.846. The van der Waals surface area contributed by atoms with Crippen molar-refractivity contribution in [2.45, 2.75) is 38.1 Å². The molecule has 0 bridgehead atoms. The number of amides is 1. The van der Waals surface area contributed by atoms with Crippen molar-refractivity contribution in [1.29, 1.82) is 0 Å². The van der Waals surface area contributed by atoms with E-state index in [0.717, 1.165) is 0 Å². The Bertz CT molecular complexity index is 348. The number of carbonyl (C=O) groups is 2. The van der Waals surface area contributed by atoms with Crippen LogP contribution in [0.4, 0.5) is 0 Å². The monoisotopic (exact) mass is 237 g/mol. The van der Waals surface area contributed by atoms with Crippen LogP contribution < -0.4 is 0 Å². The maximum absolute atomic E-state index is 12.2. The molecule has 0 aromatic rings. The standard InChI is InChI=1S/C13H19NO3/c1-14(11(7-2-3-7)8-4-5-8)12(15)9-6-10(9)13(16)17/h7-11H,2-6H2,1H3,(H,16,17). The van der Waals surface area contributed by atoms with Crippen LogP contribution in [0.3, 0.4) is 0 Å². The van der Waals surface area contributed by atoms with Crippen molar-refractivity contribution in [3.8, 4) is 0 Å². The normalized spacial score (nSPS) is 31.4. The number of carboxylic acid groups (broad SMARTS) is 1. The Kier molecular flexibility index (Phi) is 2.42. The average molecular weight is 237 g/mol. The lowest BCUT2D eigenvalue weighted by Crippen LogP contribution is -2.41. The third-order valence-electron chi connectivity index (χ3n) is 4.43. The molecule has 0 aromatic carbocycles. The van der Waals surface area contributed by atoms with Gasteiger partial charge in [0, 0.05) is 13.1 Å². The Labute approximate surface area is 101 Å². The molecule has 3 saturated carbocycles. The van der Waals surface area contributed by atoms with E-state index in [0.29, 0.717) is 24.3 Å². The summed E-state index contributed by atoms with van der Waals surface area (Å²) in [6, 6.07) is 0.401. The predicted molar refractivity (Wildman–Crippen MR) is 61.2 cm³/mol. The molecular formula is C13H19NO3. The van der Waals surface area contributed by atoms with Crippen molar-refractivity contribution in [3.05, 3.63) is 0 Å². The summed E-state index contributed by atoms with van der Waals surface area (Å²) in [4.78, 5) is 24.9. The fourth-order valence-corrected chi connectivity index (χ4v) is 3.04. The zero-order chi connectivity index (χ0) is 12.2. The Morgan fingerprint density at radius 2 is 1.65 bits per heavy atom. The zero-order valence-corrected chi connectivity index (χ0v) is 10.1. The average Bonchev–Trinajstić information content (AvgIpc) is 3.14. The highest BCUT2D eigenvalue weighted by atomic mass is 16.4. The quantitative estimate of drug-likeness (QED) is 0.785. The van der Waals surface area contributed by atoms with Crippen molar-refractivity contribution < 1.29 is 14.7 Å². The number of rotatable bonds is 5. The van der Waals surface area contributed by atoms with Gasteiger partial charge in [-0.25, -0.2) is 0 Å². The molecule has 0 aromatic heterocycles. The van der Waals surface area contributed by atoms with Crippen LogP contribution in [-0.2, 0) is 9.59 Å². The number of hydrogen-bond donors (Lipinski definition) is 1. The number of hydrogen-bond acceptors (Lipinski definition) is 2. The molecule has 3 aliphatic carbocycles. The van der Waals surface area contributed by atoms with Gasteiger partial charge in [-0.2, -0.15) is 0 Å². The Hall–Kier alpha value is -1.06. The molecule has 2 unspecified atom stereocenters. The molecule has 0 aliphatic heterocycles. The summed E-state index contributed by atoms with van der Waals surface area (Å²) < 4.78 is 0. The molecule has 0 saturated heterocycles. The van der Waals surface area contributed by atoms with E-state index in [9.17, 15) is 9.59 Å². The molecule has 0 spiro atoms. The number of carbonyl (C=O) groups excluding carboxylic acids is 1. The van der Waals surface area contributed by atoms with Crippen molar-refractivity contribution in [1.82, 2.24) is 4.90 Å². The largest absolute Gasteiger partial charge is 0.481 e. The van der Waals surface area contributed by atoms with E-state index in [1.807, 2.05) is 11.9 Å². The summed E-state index contributed by atoms with van der Waals surface area (Å²) in [5, 5.41) is 8.87. The molecule has 3 rings (SSSR count). The predicted octanol–water partition coefficient (Wildman–Crippen LogP) is 1.35. The van der Waals surface area contributed by atoms with Crippen LogP contribution >= 0.6 is 0 Å². The first-order chi connectivity index (χ1) is 8.09.